The first kappa shape index (κ1) is 19.6. The first-order valence-electron chi connectivity index (χ1n) is 9.72. The van der Waals surface area contributed by atoms with Crippen molar-refractivity contribution in [3.05, 3.63) is 71.8 Å². The third kappa shape index (κ3) is 4.03. The molecule has 0 aliphatic heterocycles. The zero-order valence-corrected chi connectivity index (χ0v) is 17.6. The number of pyridine rings is 1. The maximum Gasteiger partial charge on any atom is 0.162 e. The molecule has 4 rings (SSSR count). The van der Waals surface area contributed by atoms with Gasteiger partial charge < -0.3 is 14.8 Å². The second-order valence-electron chi connectivity index (χ2n) is 7.15. The van der Waals surface area contributed by atoms with E-state index in [1.54, 1.807) is 14.2 Å². The molecule has 6 heteroatoms. The van der Waals surface area contributed by atoms with Crippen molar-refractivity contribution >= 4 is 16.7 Å². The monoisotopic (exact) mass is 400 g/mol. The summed E-state index contributed by atoms with van der Waals surface area (Å²) >= 11 is 0. The summed E-state index contributed by atoms with van der Waals surface area (Å²) in [5.41, 5.74) is 5.35. The highest BCUT2D eigenvalue weighted by atomic mass is 16.5. The summed E-state index contributed by atoms with van der Waals surface area (Å²) in [7, 11) is 3.24. The molecule has 2 aromatic heterocycles. The average molecular weight is 400 g/mol. The van der Waals surface area contributed by atoms with E-state index in [0.29, 0.717) is 23.9 Å². The van der Waals surface area contributed by atoms with Gasteiger partial charge in [0.1, 0.15) is 11.6 Å². The zero-order chi connectivity index (χ0) is 21.1. The normalized spacial score (nSPS) is 10.8. The van der Waals surface area contributed by atoms with Crippen LogP contribution in [0.5, 0.6) is 11.5 Å². The molecule has 0 saturated heterocycles. The first-order chi connectivity index (χ1) is 14.6. The van der Waals surface area contributed by atoms with Gasteiger partial charge in [-0.1, -0.05) is 18.2 Å². The van der Waals surface area contributed by atoms with E-state index < -0.39 is 0 Å². The summed E-state index contributed by atoms with van der Waals surface area (Å²) in [4.78, 5) is 13.5. The number of rotatable bonds is 6. The third-order valence-corrected chi connectivity index (χ3v) is 4.91. The molecule has 30 heavy (non-hydrogen) atoms. The lowest BCUT2D eigenvalue weighted by Crippen LogP contribution is -2.05. The van der Waals surface area contributed by atoms with E-state index in [0.717, 1.165) is 39.0 Å². The van der Waals surface area contributed by atoms with Crippen molar-refractivity contribution in [1.82, 2.24) is 15.0 Å². The highest BCUT2D eigenvalue weighted by Gasteiger charge is 2.12. The second-order valence-corrected chi connectivity index (χ2v) is 7.15. The van der Waals surface area contributed by atoms with Gasteiger partial charge in [0, 0.05) is 36.0 Å². The molecule has 6 nitrogen and oxygen atoms in total. The Hall–Kier alpha value is -3.67. The Morgan fingerprint density at radius 3 is 2.43 bits per heavy atom. The Kier molecular flexibility index (Phi) is 5.48. The standard InChI is InChI=1S/C24H24N4O2/c1-15-8-19(14-25-12-15)18-7-5-6-17(9-18)13-26-24-20-10-22(29-3)23(30-4)11-21(20)27-16(2)28-24/h5-12,14H,13H2,1-4H3,(H,26,27,28). The quantitative estimate of drug-likeness (QED) is 0.494. The van der Waals surface area contributed by atoms with Crippen molar-refractivity contribution in [2.24, 2.45) is 0 Å². The summed E-state index contributed by atoms with van der Waals surface area (Å²) in [6.45, 7) is 4.56. The number of aryl methyl sites for hydroxylation is 2. The molecule has 0 unspecified atom stereocenters. The van der Waals surface area contributed by atoms with Crippen LogP contribution in [0.3, 0.4) is 0 Å². The number of benzene rings is 2. The van der Waals surface area contributed by atoms with Gasteiger partial charge >= 0.3 is 0 Å². The van der Waals surface area contributed by atoms with Gasteiger partial charge in [-0.15, -0.1) is 0 Å². The van der Waals surface area contributed by atoms with E-state index in [1.807, 2.05) is 38.4 Å². The van der Waals surface area contributed by atoms with Gasteiger partial charge in [-0.25, -0.2) is 9.97 Å². The lowest BCUT2D eigenvalue weighted by Gasteiger charge is -2.13. The van der Waals surface area contributed by atoms with Crippen LogP contribution in [0.15, 0.2) is 54.9 Å². The molecule has 0 fully saturated rings. The molecule has 4 aromatic rings. The number of anilines is 1. The Morgan fingerprint density at radius 1 is 0.867 bits per heavy atom. The zero-order valence-electron chi connectivity index (χ0n) is 17.6. The van der Waals surface area contributed by atoms with E-state index in [4.69, 9.17) is 9.47 Å². The van der Waals surface area contributed by atoms with Crippen LogP contribution in [0.25, 0.3) is 22.0 Å². The number of ether oxygens (including phenoxy) is 2. The molecule has 0 aliphatic carbocycles. The second kappa shape index (κ2) is 8.37. The largest absolute Gasteiger partial charge is 0.493 e. The van der Waals surface area contributed by atoms with E-state index >= 15 is 0 Å². The first-order valence-corrected chi connectivity index (χ1v) is 9.72. The average Bonchev–Trinajstić information content (AvgIpc) is 2.76. The molecule has 0 saturated carbocycles. The predicted octanol–water partition coefficient (Wildman–Crippen LogP) is 4.94. The fourth-order valence-electron chi connectivity index (χ4n) is 3.47. The van der Waals surface area contributed by atoms with Crippen LogP contribution in [-0.4, -0.2) is 29.2 Å². The molecular weight excluding hydrogens is 376 g/mol. The molecule has 2 heterocycles. The number of hydrogen-bond donors (Lipinski definition) is 1. The van der Waals surface area contributed by atoms with Crippen LogP contribution in [0.1, 0.15) is 17.0 Å². The summed E-state index contributed by atoms with van der Waals surface area (Å²) < 4.78 is 10.9. The summed E-state index contributed by atoms with van der Waals surface area (Å²) in [6, 6.07) is 14.3. The molecule has 0 bridgehead atoms. The van der Waals surface area contributed by atoms with Crippen LogP contribution in [-0.2, 0) is 6.54 Å². The van der Waals surface area contributed by atoms with Crippen LogP contribution in [0, 0.1) is 13.8 Å². The number of methoxy groups -OCH3 is 2. The van der Waals surface area contributed by atoms with Gasteiger partial charge in [-0.05, 0) is 48.7 Å². The van der Waals surface area contributed by atoms with Crippen molar-refractivity contribution in [3.63, 3.8) is 0 Å². The number of nitrogens with zero attached hydrogens (tertiary/aromatic N) is 3. The predicted molar refractivity (Wildman–Crippen MR) is 119 cm³/mol. The molecule has 1 N–H and O–H groups in total. The van der Waals surface area contributed by atoms with E-state index in [2.05, 4.69) is 50.6 Å². The van der Waals surface area contributed by atoms with E-state index in [-0.39, 0.29) is 0 Å². The minimum atomic E-state index is 0.632. The SMILES string of the molecule is COc1cc2nc(C)nc(NCc3cccc(-c4cncc(C)c4)c3)c2cc1OC. The van der Waals surface area contributed by atoms with E-state index in [9.17, 15) is 0 Å². The number of hydrogen-bond acceptors (Lipinski definition) is 6. The molecule has 0 spiro atoms. The molecule has 0 aliphatic rings. The third-order valence-electron chi connectivity index (χ3n) is 4.91. The highest BCUT2D eigenvalue weighted by molar-refractivity contribution is 5.91. The molecule has 0 amide bonds. The van der Waals surface area contributed by atoms with Gasteiger partial charge in [0.15, 0.2) is 11.5 Å². The van der Waals surface area contributed by atoms with Crippen LogP contribution >= 0.6 is 0 Å². The molecular formula is C24H24N4O2. The van der Waals surface area contributed by atoms with Crippen molar-refractivity contribution in [2.45, 2.75) is 20.4 Å². The van der Waals surface area contributed by atoms with Gasteiger partial charge in [-0.3, -0.25) is 4.98 Å². The minimum absolute atomic E-state index is 0.632. The van der Waals surface area contributed by atoms with Crippen LogP contribution in [0.4, 0.5) is 5.82 Å². The van der Waals surface area contributed by atoms with Crippen molar-refractivity contribution in [3.8, 4) is 22.6 Å². The topological polar surface area (TPSA) is 69.2 Å². The molecule has 152 valence electrons. The Balaban J connectivity index is 1.64. The maximum atomic E-state index is 5.45. The Bertz CT molecular complexity index is 1210. The number of fused-ring (bicyclic) bond motifs is 1. The minimum Gasteiger partial charge on any atom is -0.493 e. The summed E-state index contributed by atoms with van der Waals surface area (Å²) in [5.74, 6) is 2.75. The molecule has 0 atom stereocenters. The number of nitrogens with one attached hydrogen (secondary N) is 1. The lowest BCUT2D eigenvalue weighted by molar-refractivity contribution is 0.356. The summed E-state index contributed by atoms with van der Waals surface area (Å²) in [5, 5.41) is 4.35. The van der Waals surface area contributed by atoms with Crippen molar-refractivity contribution in [1.29, 1.82) is 0 Å². The lowest BCUT2D eigenvalue weighted by atomic mass is 10.0. The van der Waals surface area contributed by atoms with Crippen molar-refractivity contribution in [2.75, 3.05) is 19.5 Å². The number of aromatic nitrogens is 3. The maximum absolute atomic E-state index is 5.45. The Morgan fingerprint density at radius 2 is 1.67 bits per heavy atom. The van der Waals surface area contributed by atoms with Crippen molar-refractivity contribution < 1.29 is 9.47 Å². The molecule has 2 aromatic carbocycles. The van der Waals surface area contributed by atoms with Crippen LogP contribution in [0.2, 0.25) is 0 Å². The van der Waals surface area contributed by atoms with E-state index in [1.165, 1.54) is 0 Å². The fraction of sp³-hybridized carbons (Fsp3) is 0.208. The van der Waals surface area contributed by atoms with Crippen LogP contribution < -0.4 is 14.8 Å². The van der Waals surface area contributed by atoms with Gasteiger partial charge in [0.25, 0.3) is 0 Å². The van der Waals surface area contributed by atoms with Gasteiger partial charge in [0.2, 0.25) is 0 Å². The highest BCUT2D eigenvalue weighted by Crippen LogP contribution is 2.34. The summed E-state index contributed by atoms with van der Waals surface area (Å²) in [6.07, 6.45) is 3.75. The Labute approximate surface area is 175 Å². The van der Waals surface area contributed by atoms with Gasteiger partial charge in [0.05, 0.1) is 19.7 Å². The smallest absolute Gasteiger partial charge is 0.162 e. The molecule has 0 radical (unpaired) electrons. The fourth-order valence-corrected chi connectivity index (χ4v) is 3.47. The van der Waals surface area contributed by atoms with Gasteiger partial charge in [-0.2, -0.15) is 0 Å².